The van der Waals surface area contributed by atoms with Crippen molar-refractivity contribution in [3.05, 3.63) is 29.3 Å². The Balaban J connectivity index is 2.36. The topological polar surface area (TPSA) is 55.4 Å². The molecule has 0 heterocycles. The molecule has 1 aliphatic carbocycles. The highest BCUT2D eigenvalue weighted by Crippen LogP contribution is 2.36. The van der Waals surface area contributed by atoms with Crippen molar-refractivity contribution < 1.29 is 13.2 Å². The van der Waals surface area contributed by atoms with Crippen LogP contribution in [0.25, 0.3) is 0 Å². The van der Waals surface area contributed by atoms with Crippen molar-refractivity contribution in [3.8, 4) is 5.75 Å². The van der Waals surface area contributed by atoms with Crippen LogP contribution in [0.4, 0.5) is 0 Å². The lowest BCUT2D eigenvalue weighted by Crippen LogP contribution is -2.41. The molecular formula is C16H25NO3S. The van der Waals surface area contributed by atoms with Gasteiger partial charge in [0.15, 0.2) is 9.84 Å². The van der Waals surface area contributed by atoms with E-state index in [1.54, 1.807) is 7.11 Å². The summed E-state index contributed by atoms with van der Waals surface area (Å²) < 4.78 is 30.5. The molecule has 2 atom stereocenters. The summed E-state index contributed by atoms with van der Waals surface area (Å²) in [5.41, 5.74) is 2.27. The van der Waals surface area contributed by atoms with E-state index < -0.39 is 9.84 Å². The first-order valence-electron chi connectivity index (χ1n) is 7.44. The summed E-state index contributed by atoms with van der Waals surface area (Å²) >= 11 is 0. The summed E-state index contributed by atoms with van der Waals surface area (Å²) in [6.45, 7) is 3.90. The third kappa shape index (κ3) is 3.40. The molecule has 1 aromatic carbocycles. The first-order valence-corrected chi connectivity index (χ1v) is 9.16. The van der Waals surface area contributed by atoms with Crippen molar-refractivity contribution >= 4 is 9.84 Å². The maximum absolute atomic E-state index is 12.6. The molecule has 0 bridgehead atoms. The maximum Gasteiger partial charge on any atom is 0.155 e. The number of aryl methyl sites for hydroxylation is 1. The number of ether oxygens (including phenoxy) is 1. The third-order valence-corrected chi connectivity index (χ3v) is 6.65. The molecule has 0 amide bonds. The van der Waals surface area contributed by atoms with E-state index in [9.17, 15) is 8.42 Å². The molecule has 118 valence electrons. The molecule has 0 aliphatic heterocycles. The molecule has 0 saturated carbocycles. The number of nitrogens with one attached hydrogen (secondary N) is 1. The van der Waals surface area contributed by atoms with Gasteiger partial charge in [-0.05, 0) is 49.1 Å². The molecule has 0 radical (unpaired) electrons. The highest BCUT2D eigenvalue weighted by molar-refractivity contribution is 7.92. The van der Waals surface area contributed by atoms with Crippen LogP contribution in [0.2, 0.25) is 0 Å². The number of fused-ring (bicyclic) bond motifs is 1. The van der Waals surface area contributed by atoms with Gasteiger partial charge in [0.25, 0.3) is 0 Å². The predicted octanol–water partition coefficient (Wildman–Crippen LogP) is 2.34. The molecule has 5 heteroatoms. The fourth-order valence-corrected chi connectivity index (χ4v) is 5.56. The van der Waals surface area contributed by atoms with Crippen molar-refractivity contribution in [1.29, 1.82) is 0 Å². The summed E-state index contributed by atoms with van der Waals surface area (Å²) in [6.07, 6.45) is 1.45. The van der Waals surface area contributed by atoms with Crippen LogP contribution >= 0.6 is 0 Å². The second-order valence-electron chi connectivity index (χ2n) is 6.13. The van der Waals surface area contributed by atoms with Crippen molar-refractivity contribution in [2.45, 2.75) is 38.0 Å². The van der Waals surface area contributed by atoms with Gasteiger partial charge < -0.3 is 10.1 Å². The van der Waals surface area contributed by atoms with Crippen molar-refractivity contribution in [3.63, 3.8) is 0 Å². The minimum atomic E-state index is -3.10. The first-order chi connectivity index (χ1) is 9.89. The zero-order valence-corrected chi connectivity index (χ0v) is 14.0. The number of sulfone groups is 1. The molecule has 21 heavy (non-hydrogen) atoms. The molecular weight excluding hydrogens is 286 g/mol. The number of rotatable bonds is 5. The Bertz CT molecular complexity index is 596. The Morgan fingerprint density at radius 2 is 2.10 bits per heavy atom. The van der Waals surface area contributed by atoms with Gasteiger partial charge >= 0.3 is 0 Å². The van der Waals surface area contributed by atoms with Gasteiger partial charge in [-0.15, -0.1) is 0 Å². The first kappa shape index (κ1) is 16.3. The number of hydrogen-bond acceptors (Lipinski definition) is 4. The lowest BCUT2D eigenvalue weighted by Gasteiger charge is -2.33. The van der Waals surface area contributed by atoms with Crippen molar-refractivity contribution in [1.82, 2.24) is 5.32 Å². The van der Waals surface area contributed by atoms with E-state index in [0.717, 1.165) is 17.7 Å². The summed E-state index contributed by atoms with van der Waals surface area (Å²) in [4.78, 5) is 0. The molecule has 1 aromatic rings. The highest BCUT2D eigenvalue weighted by Gasteiger charge is 2.37. The van der Waals surface area contributed by atoms with Crippen LogP contribution in [-0.4, -0.2) is 33.6 Å². The van der Waals surface area contributed by atoms with Gasteiger partial charge in [0, 0.05) is 6.04 Å². The van der Waals surface area contributed by atoms with Crippen LogP contribution in [0.15, 0.2) is 18.2 Å². The van der Waals surface area contributed by atoms with Gasteiger partial charge in [0.05, 0.1) is 18.1 Å². The molecule has 0 spiro atoms. The van der Waals surface area contributed by atoms with E-state index in [1.807, 2.05) is 39.1 Å². The molecule has 1 aliphatic rings. The average Bonchev–Trinajstić information content (AvgIpc) is 2.43. The second kappa shape index (κ2) is 6.36. The van der Waals surface area contributed by atoms with Crippen LogP contribution in [0.3, 0.4) is 0 Å². The lowest BCUT2D eigenvalue weighted by atomic mass is 9.87. The minimum Gasteiger partial charge on any atom is -0.497 e. The highest BCUT2D eigenvalue weighted by atomic mass is 32.2. The normalized spacial score (nSPS) is 22.1. The van der Waals surface area contributed by atoms with Crippen LogP contribution in [0.5, 0.6) is 5.75 Å². The zero-order chi connectivity index (χ0) is 15.6. The van der Waals surface area contributed by atoms with E-state index >= 15 is 0 Å². The molecule has 1 N–H and O–H groups in total. The molecule has 4 nitrogen and oxygen atoms in total. The Hall–Kier alpha value is -1.07. The molecule has 0 saturated heterocycles. The molecule has 2 rings (SSSR count). The average molecular weight is 311 g/mol. The van der Waals surface area contributed by atoms with Gasteiger partial charge in [0.1, 0.15) is 5.75 Å². The zero-order valence-electron chi connectivity index (χ0n) is 13.2. The Morgan fingerprint density at radius 3 is 2.67 bits per heavy atom. The molecule has 2 unspecified atom stereocenters. The van der Waals surface area contributed by atoms with Crippen LogP contribution < -0.4 is 10.1 Å². The van der Waals surface area contributed by atoms with Crippen molar-refractivity contribution in [2.75, 3.05) is 19.9 Å². The van der Waals surface area contributed by atoms with E-state index in [-0.39, 0.29) is 23.0 Å². The Morgan fingerprint density at radius 1 is 1.38 bits per heavy atom. The van der Waals surface area contributed by atoms with E-state index in [2.05, 4.69) is 5.32 Å². The van der Waals surface area contributed by atoms with Gasteiger partial charge in [-0.25, -0.2) is 8.42 Å². The summed E-state index contributed by atoms with van der Waals surface area (Å²) in [5.74, 6) is 1.23. The Kier molecular flexibility index (Phi) is 4.94. The minimum absolute atomic E-state index is 0.136. The van der Waals surface area contributed by atoms with Crippen LogP contribution in [0.1, 0.15) is 37.4 Å². The number of methoxy groups -OCH3 is 1. The quantitative estimate of drug-likeness (QED) is 0.907. The SMILES string of the molecule is CNC1c2ccc(OC)cc2CCC1S(=O)(=O)CC(C)C. The Labute approximate surface area is 127 Å². The third-order valence-electron chi connectivity index (χ3n) is 4.09. The fourth-order valence-electron chi connectivity index (χ4n) is 3.21. The molecule has 0 aromatic heterocycles. The van der Waals surface area contributed by atoms with Gasteiger partial charge in [-0.1, -0.05) is 19.9 Å². The maximum atomic E-state index is 12.6. The predicted molar refractivity (Wildman–Crippen MR) is 85.5 cm³/mol. The summed E-state index contributed by atoms with van der Waals surface area (Å²) in [6, 6.07) is 5.78. The summed E-state index contributed by atoms with van der Waals surface area (Å²) in [7, 11) is 0.388. The van der Waals surface area contributed by atoms with Crippen molar-refractivity contribution in [2.24, 2.45) is 5.92 Å². The van der Waals surface area contributed by atoms with Gasteiger partial charge in [0.2, 0.25) is 0 Å². The van der Waals surface area contributed by atoms with E-state index in [0.29, 0.717) is 6.42 Å². The van der Waals surface area contributed by atoms with Gasteiger partial charge in [-0.3, -0.25) is 0 Å². The lowest BCUT2D eigenvalue weighted by molar-refractivity contribution is 0.411. The smallest absolute Gasteiger partial charge is 0.155 e. The van der Waals surface area contributed by atoms with E-state index in [1.165, 1.54) is 5.56 Å². The standard InChI is InChI=1S/C16H25NO3S/c1-11(2)10-21(18,19)15-8-5-12-9-13(20-4)6-7-14(12)16(15)17-3/h6-7,9,11,15-17H,5,8,10H2,1-4H3. The van der Waals surface area contributed by atoms with Gasteiger partial charge in [-0.2, -0.15) is 0 Å². The van der Waals surface area contributed by atoms with Crippen LogP contribution in [0, 0.1) is 5.92 Å². The largest absolute Gasteiger partial charge is 0.497 e. The summed E-state index contributed by atoms with van der Waals surface area (Å²) in [5, 5.41) is 2.87. The molecule has 0 fully saturated rings. The van der Waals surface area contributed by atoms with E-state index in [4.69, 9.17) is 4.74 Å². The van der Waals surface area contributed by atoms with Crippen LogP contribution in [-0.2, 0) is 16.3 Å². The number of benzene rings is 1. The fraction of sp³-hybridized carbons (Fsp3) is 0.625. The number of hydrogen-bond donors (Lipinski definition) is 1. The monoisotopic (exact) mass is 311 g/mol. The second-order valence-corrected chi connectivity index (χ2v) is 8.40.